The van der Waals surface area contributed by atoms with Crippen molar-refractivity contribution in [3.05, 3.63) is 90.3 Å². The zero-order valence-electron chi connectivity index (χ0n) is 17.9. The van der Waals surface area contributed by atoms with Crippen LogP contribution < -0.4 is 0 Å². The minimum absolute atomic E-state index is 0.220. The number of carbonyl (C=O) groups is 1. The third kappa shape index (κ3) is 4.27. The Morgan fingerprint density at radius 2 is 1.61 bits per heavy atom. The Kier molecular flexibility index (Phi) is 5.70. The van der Waals surface area contributed by atoms with Crippen molar-refractivity contribution < 1.29 is 17.9 Å². The number of benzene rings is 3. The van der Waals surface area contributed by atoms with Crippen molar-refractivity contribution in [2.75, 3.05) is 26.2 Å². The van der Waals surface area contributed by atoms with Crippen molar-refractivity contribution in [3.63, 3.8) is 0 Å². The van der Waals surface area contributed by atoms with Gasteiger partial charge in [-0.1, -0.05) is 54.6 Å². The molecule has 2 heterocycles. The van der Waals surface area contributed by atoms with Crippen LogP contribution >= 0.6 is 0 Å². The minimum atomic E-state index is -3.55. The van der Waals surface area contributed by atoms with Crippen LogP contribution in [0.15, 0.2) is 94.6 Å². The van der Waals surface area contributed by atoms with E-state index in [4.69, 9.17) is 4.74 Å². The fraction of sp³-hybridized carbons (Fsp3) is 0.200. The van der Waals surface area contributed by atoms with Crippen molar-refractivity contribution in [2.24, 2.45) is 4.99 Å². The highest BCUT2D eigenvalue weighted by Crippen LogP contribution is 2.24. The van der Waals surface area contributed by atoms with Gasteiger partial charge in [-0.15, -0.1) is 0 Å². The molecule has 7 nitrogen and oxygen atoms in total. The summed E-state index contributed by atoms with van der Waals surface area (Å²) >= 11 is 0. The van der Waals surface area contributed by atoms with Crippen LogP contribution in [0, 0.1) is 0 Å². The van der Waals surface area contributed by atoms with E-state index in [1.807, 2.05) is 47.4 Å². The second kappa shape index (κ2) is 8.80. The molecule has 168 valence electrons. The first kappa shape index (κ1) is 21.4. The van der Waals surface area contributed by atoms with Gasteiger partial charge in [0.15, 0.2) is 5.70 Å². The Bertz CT molecular complexity index is 1360. The Morgan fingerprint density at radius 1 is 0.848 bits per heavy atom. The number of sulfonamides is 1. The topological polar surface area (TPSA) is 79.3 Å². The molecule has 0 atom stereocenters. The van der Waals surface area contributed by atoms with Gasteiger partial charge in [-0.3, -0.25) is 0 Å². The van der Waals surface area contributed by atoms with Crippen LogP contribution in [0.4, 0.5) is 0 Å². The number of nitrogens with zero attached hydrogens (tertiary/aromatic N) is 3. The fourth-order valence-electron chi connectivity index (χ4n) is 4.12. The first-order chi connectivity index (χ1) is 16.0. The smallest absolute Gasteiger partial charge is 0.365 e. The predicted octanol–water partition coefficient (Wildman–Crippen LogP) is 3.38. The largest absolute Gasteiger partial charge is 0.402 e. The third-order valence-electron chi connectivity index (χ3n) is 5.82. The lowest BCUT2D eigenvalue weighted by molar-refractivity contribution is -0.130. The zero-order chi connectivity index (χ0) is 22.8. The number of rotatable bonds is 4. The Morgan fingerprint density at radius 3 is 2.45 bits per heavy atom. The Labute approximate surface area is 192 Å². The zero-order valence-corrected chi connectivity index (χ0v) is 18.7. The molecule has 33 heavy (non-hydrogen) atoms. The van der Waals surface area contributed by atoms with E-state index >= 15 is 0 Å². The van der Waals surface area contributed by atoms with Gasteiger partial charge < -0.3 is 9.64 Å². The first-order valence-corrected chi connectivity index (χ1v) is 12.3. The number of hydrogen-bond acceptors (Lipinski definition) is 6. The maximum absolute atomic E-state index is 12.9. The molecule has 2 aliphatic heterocycles. The minimum Gasteiger partial charge on any atom is -0.402 e. The molecule has 0 aromatic heterocycles. The van der Waals surface area contributed by atoms with Gasteiger partial charge in [-0.2, -0.15) is 4.31 Å². The lowest BCUT2D eigenvalue weighted by Crippen LogP contribution is -2.34. The average molecular weight is 462 g/mol. The molecular weight excluding hydrogens is 438 g/mol. The van der Waals surface area contributed by atoms with E-state index in [2.05, 4.69) is 4.99 Å². The maximum Gasteiger partial charge on any atom is 0.365 e. The van der Waals surface area contributed by atoms with Gasteiger partial charge in [0.05, 0.1) is 4.90 Å². The van der Waals surface area contributed by atoms with Gasteiger partial charge in [0.1, 0.15) is 0 Å². The van der Waals surface area contributed by atoms with Crippen LogP contribution in [0.2, 0.25) is 0 Å². The summed E-state index contributed by atoms with van der Waals surface area (Å²) in [6.45, 7) is 1.83. The summed E-state index contributed by atoms with van der Waals surface area (Å²) in [7, 11) is -3.55. The molecule has 0 bridgehead atoms. The highest BCUT2D eigenvalue weighted by Gasteiger charge is 2.29. The predicted molar refractivity (Wildman–Crippen MR) is 126 cm³/mol. The van der Waals surface area contributed by atoms with Crippen molar-refractivity contribution in [2.45, 2.75) is 11.3 Å². The SMILES string of the molecule is O=C1OC(c2cccc3ccccc23)=N/C1=C\N1CCCN(S(=O)(=O)c2ccccc2)CC1. The summed E-state index contributed by atoms with van der Waals surface area (Å²) in [5.41, 5.74) is 0.984. The highest BCUT2D eigenvalue weighted by atomic mass is 32.2. The molecule has 3 aromatic rings. The second-order valence-corrected chi connectivity index (χ2v) is 9.89. The number of ether oxygens (including phenoxy) is 1. The van der Waals surface area contributed by atoms with Gasteiger partial charge in [0.2, 0.25) is 15.9 Å². The molecule has 1 saturated heterocycles. The molecule has 0 radical (unpaired) electrons. The van der Waals surface area contributed by atoms with E-state index in [1.165, 1.54) is 4.31 Å². The molecule has 0 aliphatic carbocycles. The van der Waals surface area contributed by atoms with Crippen molar-refractivity contribution in [1.29, 1.82) is 0 Å². The summed E-state index contributed by atoms with van der Waals surface area (Å²) < 4.78 is 32.9. The third-order valence-corrected chi connectivity index (χ3v) is 7.73. The second-order valence-electron chi connectivity index (χ2n) is 7.95. The number of esters is 1. The summed E-state index contributed by atoms with van der Waals surface area (Å²) in [5, 5.41) is 2.00. The lowest BCUT2D eigenvalue weighted by Gasteiger charge is -2.20. The number of carbonyl (C=O) groups excluding carboxylic acids is 1. The lowest BCUT2D eigenvalue weighted by atomic mass is 10.0. The van der Waals surface area contributed by atoms with Crippen LogP contribution in [-0.4, -0.2) is 55.7 Å². The number of aliphatic imine (C=N–C) groups is 1. The summed E-state index contributed by atoms with van der Waals surface area (Å²) in [6.07, 6.45) is 2.32. The number of hydrogen-bond donors (Lipinski definition) is 0. The Hall–Kier alpha value is -3.49. The van der Waals surface area contributed by atoms with E-state index in [0.29, 0.717) is 37.5 Å². The molecule has 5 rings (SSSR count). The van der Waals surface area contributed by atoms with E-state index in [9.17, 15) is 13.2 Å². The molecule has 0 saturated carbocycles. The van der Waals surface area contributed by atoms with Crippen LogP contribution in [0.25, 0.3) is 10.8 Å². The summed E-state index contributed by atoms with van der Waals surface area (Å²) in [4.78, 5) is 19.2. The van der Waals surface area contributed by atoms with E-state index in [1.54, 1.807) is 36.5 Å². The monoisotopic (exact) mass is 461 g/mol. The molecule has 0 amide bonds. The summed E-state index contributed by atoms with van der Waals surface area (Å²) in [5.74, 6) is -0.220. The molecular formula is C25H23N3O4S. The van der Waals surface area contributed by atoms with Crippen molar-refractivity contribution in [3.8, 4) is 0 Å². The van der Waals surface area contributed by atoms with Crippen LogP contribution in [0.3, 0.4) is 0 Å². The molecule has 3 aromatic carbocycles. The molecule has 8 heteroatoms. The molecule has 2 aliphatic rings. The molecule has 0 spiro atoms. The van der Waals surface area contributed by atoms with Gasteiger partial charge in [0.25, 0.3) is 0 Å². The maximum atomic E-state index is 12.9. The van der Waals surface area contributed by atoms with Crippen LogP contribution in [0.5, 0.6) is 0 Å². The normalized spacial score (nSPS) is 18.9. The average Bonchev–Trinajstić information content (AvgIpc) is 3.04. The van der Waals surface area contributed by atoms with Gasteiger partial charge in [0, 0.05) is 37.9 Å². The summed E-state index contributed by atoms with van der Waals surface area (Å²) in [6, 6.07) is 22.1. The van der Waals surface area contributed by atoms with Crippen LogP contribution in [0.1, 0.15) is 12.0 Å². The highest BCUT2D eigenvalue weighted by molar-refractivity contribution is 7.89. The van der Waals surface area contributed by atoms with E-state index in [0.717, 1.165) is 16.3 Å². The Balaban J connectivity index is 1.35. The quantitative estimate of drug-likeness (QED) is 0.440. The van der Waals surface area contributed by atoms with Gasteiger partial charge in [-0.25, -0.2) is 18.2 Å². The van der Waals surface area contributed by atoms with Gasteiger partial charge in [-0.05, 0) is 35.4 Å². The standard InChI is InChI=1S/C25H23N3O4S/c29-25-23(26-24(32-25)22-13-6-9-19-8-4-5-12-21(19)22)18-27-14-7-15-28(17-16-27)33(30,31)20-10-2-1-3-11-20/h1-6,8-13,18H,7,14-17H2/b23-18-. The van der Waals surface area contributed by atoms with E-state index < -0.39 is 16.0 Å². The molecule has 1 fully saturated rings. The number of fused-ring (bicyclic) bond motifs is 1. The number of cyclic esters (lactones) is 1. The van der Waals surface area contributed by atoms with Gasteiger partial charge >= 0.3 is 5.97 Å². The van der Waals surface area contributed by atoms with Crippen molar-refractivity contribution >= 4 is 32.7 Å². The molecule has 0 unspecified atom stereocenters. The van der Waals surface area contributed by atoms with Crippen molar-refractivity contribution in [1.82, 2.24) is 9.21 Å². The van der Waals surface area contributed by atoms with E-state index in [-0.39, 0.29) is 11.6 Å². The molecule has 0 N–H and O–H groups in total. The van der Waals surface area contributed by atoms with Crippen LogP contribution in [-0.2, 0) is 19.6 Å². The first-order valence-electron chi connectivity index (χ1n) is 10.8. The fourth-order valence-corrected chi connectivity index (χ4v) is 5.61.